The first-order valence-electron chi connectivity index (χ1n) is 6.42. The van der Waals surface area contributed by atoms with Crippen LogP contribution in [-0.4, -0.2) is 16.9 Å². The van der Waals surface area contributed by atoms with Crippen LogP contribution in [0.15, 0.2) is 0 Å². The molecule has 0 aromatic carbocycles. The smallest absolute Gasteiger partial charge is 0.215 e. The van der Waals surface area contributed by atoms with Gasteiger partial charge in [0.05, 0.1) is 12.7 Å². The maximum atomic E-state index is 5.50. The Morgan fingerprint density at radius 2 is 2.00 bits per heavy atom. The molecule has 0 fully saturated rings. The zero-order chi connectivity index (χ0) is 12.8. The monoisotopic (exact) mass is 350 g/mol. The van der Waals surface area contributed by atoms with Gasteiger partial charge in [-0.3, -0.25) is 0 Å². The molecule has 1 unspecified atom stereocenters. The summed E-state index contributed by atoms with van der Waals surface area (Å²) in [6.45, 7) is 4.49. The van der Waals surface area contributed by atoms with E-state index < -0.39 is 0 Å². The lowest BCUT2D eigenvalue weighted by molar-refractivity contribution is 0.363. The van der Waals surface area contributed by atoms with Gasteiger partial charge in [-0.2, -0.15) is 5.10 Å². The first-order valence-corrected chi connectivity index (χ1v) is 7.49. The molecule has 1 aromatic heterocycles. The number of aryl methyl sites for hydroxylation is 1. The molecule has 98 valence electrons. The van der Waals surface area contributed by atoms with E-state index in [0.29, 0.717) is 5.92 Å². The Balaban J connectivity index is 2.99. The molecule has 3 nitrogen and oxygen atoms in total. The SMILES string of the molecule is CCCCC(CCC)c1c(I)nn(C)c1OC. The summed E-state index contributed by atoms with van der Waals surface area (Å²) in [6.07, 6.45) is 6.20. The van der Waals surface area contributed by atoms with Crippen molar-refractivity contribution < 1.29 is 4.74 Å². The molecule has 1 atom stereocenters. The quantitative estimate of drug-likeness (QED) is 0.692. The van der Waals surface area contributed by atoms with Crippen LogP contribution >= 0.6 is 22.6 Å². The number of aromatic nitrogens is 2. The van der Waals surface area contributed by atoms with Crippen LogP contribution in [0.25, 0.3) is 0 Å². The number of rotatable bonds is 7. The molecule has 0 bridgehead atoms. The standard InChI is InChI=1S/C13H23IN2O/c1-5-7-9-10(8-6-2)11-12(14)15-16(3)13(11)17-4/h10H,5-9H2,1-4H3. The molecule has 1 heterocycles. The number of unbranched alkanes of at least 4 members (excludes halogenated alkanes) is 1. The van der Waals surface area contributed by atoms with Crippen LogP contribution in [0.2, 0.25) is 0 Å². The zero-order valence-corrected chi connectivity index (χ0v) is 13.5. The Morgan fingerprint density at radius 1 is 1.29 bits per heavy atom. The largest absolute Gasteiger partial charge is 0.481 e. The molecule has 0 aliphatic heterocycles. The summed E-state index contributed by atoms with van der Waals surface area (Å²) in [5, 5.41) is 4.47. The summed E-state index contributed by atoms with van der Waals surface area (Å²) in [4.78, 5) is 0. The number of hydrogen-bond donors (Lipinski definition) is 0. The molecule has 0 aliphatic carbocycles. The van der Waals surface area contributed by atoms with Crippen molar-refractivity contribution in [3.63, 3.8) is 0 Å². The molecule has 0 saturated heterocycles. The van der Waals surface area contributed by atoms with Crippen molar-refractivity contribution in [1.82, 2.24) is 9.78 Å². The molecule has 17 heavy (non-hydrogen) atoms. The third-order valence-electron chi connectivity index (χ3n) is 3.13. The predicted molar refractivity (Wildman–Crippen MR) is 79.7 cm³/mol. The summed E-state index contributed by atoms with van der Waals surface area (Å²) in [6, 6.07) is 0. The number of ether oxygens (including phenoxy) is 1. The van der Waals surface area contributed by atoms with Crippen LogP contribution in [0.5, 0.6) is 5.88 Å². The highest BCUT2D eigenvalue weighted by Gasteiger charge is 2.23. The number of nitrogens with zero attached hydrogens (tertiary/aromatic N) is 2. The molecule has 0 radical (unpaired) electrons. The second-order valence-corrected chi connectivity index (χ2v) is 5.49. The van der Waals surface area contributed by atoms with Gasteiger partial charge in [0, 0.05) is 7.05 Å². The maximum Gasteiger partial charge on any atom is 0.215 e. The van der Waals surface area contributed by atoms with Gasteiger partial charge in [0.25, 0.3) is 0 Å². The van der Waals surface area contributed by atoms with E-state index in [1.165, 1.54) is 37.7 Å². The van der Waals surface area contributed by atoms with Gasteiger partial charge in [-0.05, 0) is 41.4 Å². The van der Waals surface area contributed by atoms with Crippen molar-refractivity contribution in [1.29, 1.82) is 0 Å². The van der Waals surface area contributed by atoms with Crippen molar-refractivity contribution in [2.75, 3.05) is 7.11 Å². The second-order valence-electron chi connectivity index (χ2n) is 4.47. The van der Waals surface area contributed by atoms with E-state index in [1.807, 2.05) is 11.7 Å². The molecule has 0 N–H and O–H groups in total. The second kappa shape index (κ2) is 7.24. The minimum absolute atomic E-state index is 0.593. The van der Waals surface area contributed by atoms with Crippen molar-refractivity contribution in [2.45, 2.75) is 51.9 Å². The van der Waals surface area contributed by atoms with Crippen LogP contribution in [-0.2, 0) is 7.05 Å². The molecular weight excluding hydrogens is 327 g/mol. The van der Waals surface area contributed by atoms with Crippen LogP contribution in [0.3, 0.4) is 0 Å². The Labute approximate surface area is 118 Å². The van der Waals surface area contributed by atoms with Gasteiger partial charge in [-0.25, -0.2) is 4.68 Å². The van der Waals surface area contributed by atoms with Crippen molar-refractivity contribution in [3.8, 4) is 5.88 Å². The average Bonchev–Trinajstić information content (AvgIpc) is 2.59. The fourth-order valence-corrected chi connectivity index (χ4v) is 3.31. The van der Waals surface area contributed by atoms with Gasteiger partial charge in [0.2, 0.25) is 5.88 Å². The molecule has 0 spiro atoms. The van der Waals surface area contributed by atoms with E-state index in [1.54, 1.807) is 7.11 Å². The van der Waals surface area contributed by atoms with Crippen LogP contribution in [0, 0.1) is 3.70 Å². The summed E-state index contributed by atoms with van der Waals surface area (Å²) in [7, 11) is 3.69. The summed E-state index contributed by atoms with van der Waals surface area (Å²) >= 11 is 2.32. The zero-order valence-electron chi connectivity index (χ0n) is 11.3. The molecular formula is C13H23IN2O. The maximum absolute atomic E-state index is 5.50. The van der Waals surface area contributed by atoms with E-state index in [2.05, 4.69) is 41.5 Å². The Hall–Kier alpha value is -0.260. The van der Waals surface area contributed by atoms with E-state index in [9.17, 15) is 0 Å². The number of halogens is 1. The first kappa shape index (κ1) is 14.8. The normalized spacial score (nSPS) is 12.8. The number of methoxy groups -OCH3 is 1. The lowest BCUT2D eigenvalue weighted by atomic mass is 9.91. The van der Waals surface area contributed by atoms with Crippen molar-refractivity contribution in [3.05, 3.63) is 9.26 Å². The van der Waals surface area contributed by atoms with Gasteiger partial charge in [-0.1, -0.05) is 33.1 Å². The molecule has 0 aliphatic rings. The van der Waals surface area contributed by atoms with Gasteiger partial charge >= 0.3 is 0 Å². The van der Waals surface area contributed by atoms with E-state index in [-0.39, 0.29) is 0 Å². The van der Waals surface area contributed by atoms with Crippen molar-refractivity contribution in [2.24, 2.45) is 7.05 Å². The molecule has 1 aromatic rings. The number of hydrogen-bond acceptors (Lipinski definition) is 2. The summed E-state index contributed by atoms with van der Waals surface area (Å²) < 4.78 is 8.45. The van der Waals surface area contributed by atoms with Gasteiger partial charge < -0.3 is 4.74 Å². The highest BCUT2D eigenvalue weighted by atomic mass is 127. The van der Waals surface area contributed by atoms with Gasteiger partial charge in [-0.15, -0.1) is 0 Å². The molecule has 0 amide bonds. The first-order chi connectivity index (χ1) is 8.15. The highest BCUT2D eigenvalue weighted by molar-refractivity contribution is 14.1. The summed E-state index contributed by atoms with van der Waals surface area (Å²) in [5.41, 5.74) is 1.31. The third kappa shape index (κ3) is 3.60. The van der Waals surface area contributed by atoms with Crippen molar-refractivity contribution >= 4 is 22.6 Å². The van der Waals surface area contributed by atoms with Crippen LogP contribution in [0.4, 0.5) is 0 Å². The van der Waals surface area contributed by atoms with Crippen LogP contribution < -0.4 is 4.74 Å². The Kier molecular flexibility index (Phi) is 6.30. The fraction of sp³-hybridized carbons (Fsp3) is 0.769. The van der Waals surface area contributed by atoms with E-state index in [0.717, 1.165) is 9.58 Å². The molecule has 1 rings (SSSR count). The highest BCUT2D eigenvalue weighted by Crippen LogP contribution is 2.36. The van der Waals surface area contributed by atoms with Crippen LogP contribution in [0.1, 0.15) is 57.4 Å². The van der Waals surface area contributed by atoms with E-state index >= 15 is 0 Å². The fourth-order valence-electron chi connectivity index (χ4n) is 2.31. The lowest BCUT2D eigenvalue weighted by Crippen LogP contribution is -2.03. The minimum atomic E-state index is 0.593. The Bertz CT molecular complexity index is 349. The lowest BCUT2D eigenvalue weighted by Gasteiger charge is -2.16. The molecule has 4 heteroatoms. The third-order valence-corrected chi connectivity index (χ3v) is 3.93. The predicted octanol–water partition coefficient (Wildman–Crippen LogP) is 4.11. The summed E-state index contributed by atoms with van der Waals surface area (Å²) in [5.74, 6) is 1.53. The topological polar surface area (TPSA) is 27.1 Å². The van der Waals surface area contributed by atoms with E-state index in [4.69, 9.17) is 4.74 Å². The minimum Gasteiger partial charge on any atom is -0.481 e. The average molecular weight is 350 g/mol. The van der Waals surface area contributed by atoms with Gasteiger partial charge in [0.15, 0.2) is 0 Å². The Morgan fingerprint density at radius 3 is 2.53 bits per heavy atom. The molecule has 0 saturated carbocycles. The van der Waals surface area contributed by atoms with Gasteiger partial charge in [0.1, 0.15) is 3.70 Å².